The Bertz CT molecular complexity index is 362. The molecule has 4 amide bonds. The first-order chi connectivity index (χ1) is 8.22. The third-order valence-corrected chi connectivity index (χ3v) is 1.51. The molecule has 0 heterocycles. The van der Waals surface area contributed by atoms with Gasteiger partial charge in [0, 0.05) is 0 Å². The van der Waals surface area contributed by atoms with Crippen LogP contribution in [0.4, 0.5) is 4.79 Å². The van der Waals surface area contributed by atoms with Gasteiger partial charge in [-0.15, -0.1) is 5.12 Å². The average molecular weight is 258 g/mol. The molecule has 0 atom stereocenters. The summed E-state index contributed by atoms with van der Waals surface area (Å²) in [5.74, 6) is -2.48. The van der Waals surface area contributed by atoms with Gasteiger partial charge in [0.15, 0.2) is 0 Å². The van der Waals surface area contributed by atoms with Crippen LogP contribution in [0.1, 0.15) is 26.7 Å². The molecule has 0 rings (SSSR count). The summed E-state index contributed by atoms with van der Waals surface area (Å²) < 4.78 is 0. The number of hydrazine groups is 2. The van der Waals surface area contributed by atoms with Crippen molar-refractivity contribution < 1.29 is 24.0 Å². The molecule has 0 saturated heterocycles. The van der Waals surface area contributed by atoms with E-state index in [1.165, 1.54) is 13.8 Å². The van der Waals surface area contributed by atoms with E-state index in [1.54, 1.807) is 0 Å². The number of nitrogens with one attached hydrogen (secondary N) is 2. The molecule has 0 aliphatic heterocycles. The lowest BCUT2D eigenvalue weighted by molar-refractivity contribution is -0.133. The third-order valence-electron chi connectivity index (χ3n) is 1.51. The van der Waals surface area contributed by atoms with Gasteiger partial charge in [0.05, 0.1) is 12.8 Å². The quantitative estimate of drug-likeness (QED) is 0.411. The second kappa shape index (κ2) is 6.99. The number of nitrogens with two attached hydrogens (primary N) is 1. The smallest absolute Gasteiger partial charge is 0.349 e. The van der Waals surface area contributed by atoms with E-state index in [2.05, 4.69) is 0 Å². The van der Waals surface area contributed by atoms with Crippen LogP contribution in [0.5, 0.6) is 0 Å². The van der Waals surface area contributed by atoms with Gasteiger partial charge in [-0.25, -0.2) is 15.6 Å². The lowest BCUT2D eigenvalue weighted by atomic mass is 10.3. The normalized spacial score (nSPS) is 9.22. The average Bonchev–Trinajstić information content (AvgIpc) is 2.13. The molecule has 0 radical (unpaired) electrons. The number of Topliss-reactive ketones (excluding diaryl/α,β-unsaturated/α-hetero) is 2. The Morgan fingerprint density at radius 1 is 0.889 bits per heavy atom. The van der Waals surface area contributed by atoms with E-state index in [-0.39, 0.29) is 0 Å². The molecular weight excluding hydrogens is 244 g/mol. The predicted molar refractivity (Wildman–Crippen MR) is 58.3 cm³/mol. The molecule has 9 heteroatoms. The Labute approximate surface area is 103 Å². The molecular formula is C9H14N4O5. The van der Waals surface area contributed by atoms with Crippen molar-refractivity contribution in [3.05, 3.63) is 0 Å². The minimum atomic E-state index is -1.16. The summed E-state index contributed by atoms with van der Waals surface area (Å²) in [4.78, 5) is 54.5. The minimum Gasteiger partial charge on any atom is -0.349 e. The van der Waals surface area contributed by atoms with E-state index in [9.17, 15) is 24.0 Å². The number of primary amides is 1. The maximum Gasteiger partial charge on any atom is 0.353 e. The monoisotopic (exact) mass is 258 g/mol. The van der Waals surface area contributed by atoms with Crippen LogP contribution in [0.15, 0.2) is 0 Å². The third kappa shape index (κ3) is 6.93. The van der Waals surface area contributed by atoms with Crippen LogP contribution in [-0.2, 0) is 19.2 Å². The number of hydrogen-bond acceptors (Lipinski definition) is 5. The first-order valence-corrected chi connectivity index (χ1v) is 4.89. The van der Waals surface area contributed by atoms with Crippen molar-refractivity contribution in [2.45, 2.75) is 26.7 Å². The Hall–Kier alpha value is -2.45. The van der Waals surface area contributed by atoms with Crippen LogP contribution in [0.2, 0.25) is 0 Å². The summed E-state index contributed by atoms with van der Waals surface area (Å²) in [5, 5.41) is 0.316. The van der Waals surface area contributed by atoms with E-state index in [0.717, 1.165) is 0 Å². The number of ketones is 2. The molecule has 0 aromatic rings. The van der Waals surface area contributed by atoms with Crippen LogP contribution in [-0.4, -0.2) is 34.5 Å². The number of carbonyl (C=O) groups excluding carboxylic acids is 5. The zero-order chi connectivity index (χ0) is 14.3. The highest BCUT2D eigenvalue weighted by Crippen LogP contribution is 1.87. The summed E-state index contributed by atoms with van der Waals surface area (Å²) in [6.07, 6.45) is -0.932. The maximum atomic E-state index is 11.2. The first-order valence-electron chi connectivity index (χ1n) is 4.89. The summed E-state index contributed by atoms with van der Waals surface area (Å²) >= 11 is 0. The van der Waals surface area contributed by atoms with Crippen molar-refractivity contribution in [1.29, 1.82) is 0 Å². The van der Waals surface area contributed by atoms with Gasteiger partial charge in [-0.3, -0.25) is 19.2 Å². The first kappa shape index (κ1) is 15.5. The second-order valence-electron chi connectivity index (χ2n) is 3.50. The van der Waals surface area contributed by atoms with Gasteiger partial charge in [0.2, 0.25) is 11.8 Å². The summed E-state index contributed by atoms with van der Waals surface area (Å²) in [5.41, 5.74) is 8.70. The molecule has 0 saturated carbocycles. The zero-order valence-corrected chi connectivity index (χ0v) is 9.98. The fourth-order valence-electron chi connectivity index (χ4n) is 0.919. The molecule has 0 aromatic heterocycles. The molecule has 9 nitrogen and oxygen atoms in total. The maximum absolute atomic E-state index is 11.2. The Balaban J connectivity index is 4.44. The second-order valence-corrected chi connectivity index (χ2v) is 3.50. The Morgan fingerprint density at radius 3 is 1.44 bits per heavy atom. The Kier molecular flexibility index (Phi) is 6.04. The summed E-state index contributed by atoms with van der Waals surface area (Å²) in [7, 11) is 0. The fraction of sp³-hybridized carbons (Fsp3) is 0.444. The summed E-state index contributed by atoms with van der Waals surface area (Å²) in [6.45, 7) is 2.37. The molecule has 100 valence electrons. The van der Waals surface area contributed by atoms with Crippen molar-refractivity contribution in [3.63, 3.8) is 0 Å². The zero-order valence-electron chi connectivity index (χ0n) is 9.98. The van der Waals surface area contributed by atoms with E-state index in [0.29, 0.717) is 5.12 Å². The number of urea groups is 1. The summed E-state index contributed by atoms with van der Waals surface area (Å²) in [6, 6.07) is -1.16. The van der Waals surface area contributed by atoms with Crippen LogP contribution in [0.25, 0.3) is 0 Å². The molecule has 0 fully saturated rings. The SMILES string of the molecule is CC(=O)CC(=O)NN(NC(=O)CC(C)=O)C(N)=O. The van der Waals surface area contributed by atoms with Gasteiger partial charge < -0.3 is 5.73 Å². The lowest BCUT2D eigenvalue weighted by Gasteiger charge is -2.20. The van der Waals surface area contributed by atoms with Crippen LogP contribution < -0.4 is 16.6 Å². The van der Waals surface area contributed by atoms with Crippen LogP contribution >= 0.6 is 0 Å². The molecule has 18 heavy (non-hydrogen) atoms. The molecule has 0 aliphatic rings. The van der Waals surface area contributed by atoms with Crippen molar-refractivity contribution in [1.82, 2.24) is 16.0 Å². The minimum absolute atomic E-state index is 0.316. The highest BCUT2D eigenvalue weighted by molar-refractivity contribution is 5.99. The predicted octanol–water partition coefficient (Wildman–Crippen LogP) is -1.61. The van der Waals surface area contributed by atoms with Gasteiger partial charge >= 0.3 is 6.03 Å². The highest BCUT2D eigenvalue weighted by Gasteiger charge is 2.17. The topological polar surface area (TPSA) is 139 Å². The molecule has 0 aliphatic carbocycles. The van der Waals surface area contributed by atoms with Crippen molar-refractivity contribution in [2.24, 2.45) is 5.73 Å². The largest absolute Gasteiger partial charge is 0.353 e. The number of amides is 4. The van der Waals surface area contributed by atoms with Crippen molar-refractivity contribution in [3.8, 4) is 0 Å². The van der Waals surface area contributed by atoms with Crippen LogP contribution in [0.3, 0.4) is 0 Å². The van der Waals surface area contributed by atoms with Gasteiger partial charge in [-0.2, -0.15) is 0 Å². The Morgan fingerprint density at radius 2 is 1.22 bits per heavy atom. The molecule has 4 N–H and O–H groups in total. The van der Waals surface area contributed by atoms with Gasteiger partial charge in [-0.05, 0) is 13.8 Å². The van der Waals surface area contributed by atoms with Gasteiger partial charge in [0.25, 0.3) is 0 Å². The van der Waals surface area contributed by atoms with E-state index >= 15 is 0 Å². The van der Waals surface area contributed by atoms with Gasteiger partial charge in [-0.1, -0.05) is 0 Å². The number of nitrogens with zero attached hydrogens (tertiary/aromatic N) is 1. The molecule has 0 bridgehead atoms. The molecule has 0 unspecified atom stereocenters. The molecule has 0 spiro atoms. The van der Waals surface area contributed by atoms with Crippen molar-refractivity contribution in [2.75, 3.05) is 0 Å². The highest BCUT2D eigenvalue weighted by atomic mass is 16.2. The standard InChI is InChI=1S/C9H14N4O5/c1-5(14)3-7(16)11-13(9(10)18)12-8(17)4-6(2)15/h3-4H2,1-2H3,(H2,10,18)(H,11,16)(H,12,17). The van der Waals surface area contributed by atoms with Crippen LogP contribution in [0, 0.1) is 0 Å². The van der Waals surface area contributed by atoms with E-state index in [1.807, 2.05) is 10.9 Å². The van der Waals surface area contributed by atoms with E-state index in [4.69, 9.17) is 5.73 Å². The lowest BCUT2D eigenvalue weighted by Crippen LogP contribution is -2.58. The number of rotatable bonds is 4. The molecule has 0 aromatic carbocycles. The fourth-order valence-corrected chi connectivity index (χ4v) is 0.919. The van der Waals surface area contributed by atoms with Crippen molar-refractivity contribution >= 4 is 29.4 Å². The van der Waals surface area contributed by atoms with E-state index < -0.39 is 42.3 Å². The number of carbonyl (C=O) groups is 5. The number of hydrogen-bond donors (Lipinski definition) is 3. The van der Waals surface area contributed by atoms with Gasteiger partial charge in [0.1, 0.15) is 11.6 Å².